The molecule has 5 nitrogen and oxygen atoms in total. The van der Waals surface area contributed by atoms with Gasteiger partial charge >= 0.3 is 0 Å². The Hall–Kier alpha value is -2.26. The molecular weight excluding hydrogens is 526 g/mol. The van der Waals surface area contributed by atoms with E-state index in [1.165, 1.54) is 0 Å². The summed E-state index contributed by atoms with van der Waals surface area (Å²) in [6, 6.07) is 30.7. The zero-order chi connectivity index (χ0) is 27.3. The van der Waals surface area contributed by atoms with Gasteiger partial charge < -0.3 is 23.8 Å². The van der Waals surface area contributed by atoms with E-state index in [9.17, 15) is 0 Å². The first kappa shape index (κ1) is 29.7. The number of benzene rings is 3. The summed E-state index contributed by atoms with van der Waals surface area (Å²) in [4.78, 5) is 2.18. The van der Waals surface area contributed by atoms with Gasteiger partial charge in [0.15, 0.2) is 0 Å². The van der Waals surface area contributed by atoms with Crippen molar-refractivity contribution < 1.29 is 18.9 Å². The van der Waals surface area contributed by atoms with Crippen LogP contribution in [-0.4, -0.2) is 52.7 Å². The van der Waals surface area contributed by atoms with E-state index in [-0.39, 0.29) is 23.7 Å². The zero-order valence-electron chi connectivity index (χ0n) is 22.8. The largest absolute Gasteiger partial charge is 0.374 e. The first-order valence-electron chi connectivity index (χ1n) is 13.7. The van der Waals surface area contributed by atoms with Crippen LogP contribution in [0.4, 0.5) is 0 Å². The summed E-state index contributed by atoms with van der Waals surface area (Å²) in [7, 11) is 0. The predicted octanol–water partition coefficient (Wildman–Crippen LogP) is 6.85. The first-order chi connectivity index (χ1) is 19.2. The fraction of sp³-hybridized carbons (Fsp3) is 0.406. The first-order valence-corrected chi connectivity index (χ1v) is 15.0. The van der Waals surface area contributed by atoms with Crippen LogP contribution in [0.2, 0.25) is 0 Å². The number of thioether (sulfide) groups is 1. The summed E-state index contributed by atoms with van der Waals surface area (Å²) in [6.45, 7) is 7.88. The van der Waals surface area contributed by atoms with Crippen molar-refractivity contribution >= 4 is 28.3 Å². The molecule has 0 spiro atoms. The molecular formula is C32H39NO4S2. The molecule has 39 heavy (non-hydrogen) atoms. The topological polar surface area (TPSA) is 40.2 Å². The number of nitrogens with zero attached hydrogens (tertiary/aromatic N) is 1. The summed E-state index contributed by atoms with van der Waals surface area (Å²) >= 11 is 7.37. The van der Waals surface area contributed by atoms with Crippen LogP contribution in [0.5, 0.6) is 0 Å². The van der Waals surface area contributed by atoms with E-state index in [0.717, 1.165) is 34.1 Å². The molecule has 208 valence electrons. The Kier molecular flexibility index (Phi) is 12.3. The molecule has 0 radical (unpaired) electrons. The number of rotatable bonds is 13. The van der Waals surface area contributed by atoms with Crippen molar-refractivity contribution in [3.63, 3.8) is 0 Å². The van der Waals surface area contributed by atoms with Crippen molar-refractivity contribution in [3.05, 3.63) is 108 Å². The van der Waals surface area contributed by atoms with Crippen molar-refractivity contribution in [2.45, 2.75) is 63.8 Å². The van der Waals surface area contributed by atoms with Gasteiger partial charge in [-0.05, 0) is 30.5 Å². The van der Waals surface area contributed by atoms with E-state index < -0.39 is 0 Å². The van der Waals surface area contributed by atoms with Crippen LogP contribution in [0, 0.1) is 0 Å². The van der Waals surface area contributed by atoms with Crippen molar-refractivity contribution in [1.82, 2.24) is 4.90 Å². The van der Waals surface area contributed by atoms with Crippen molar-refractivity contribution in [2.75, 3.05) is 19.7 Å². The Morgan fingerprint density at radius 3 is 1.85 bits per heavy atom. The SMILES string of the molecule is CCN(CC)C(=S)SC1C[C@H](OCc2ccccc2)[C@H](OCc2ccccc2)[C@H](COCc2ccccc2)O1. The molecule has 1 unspecified atom stereocenters. The molecule has 4 rings (SSSR count). The molecule has 0 bridgehead atoms. The normalized spacial score (nSPS) is 21.0. The molecule has 1 saturated heterocycles. The van der Waals surface area contributed by atoms with Gasteiger partial charge in [-0.25, -0.2) is 0 Å². The standard InChI is InChI=1S/C32H39NO4S2/c1-3-33(4-2)32(38)39-30-20-28(35-22-26-16-10-6-11-17-26)31(36-23-27-18-12-7-13-19-27)29(37-30)24-34-21-25-14-8-5-9-15-25/h5-19,28-31H,3-4,20-24H2,1-2H3/t28-,29-,30?,31-/m0/s1. The molecule has 0 amide bonds. The highest BCUT2D eigenvalue weighted by Crippen LogP contribution is 2.34. The van der Waals surface area contributed by atoms with Crippen LogP contribution < -0.4 is 0 Å². The minimum absolute atomic E-state index is 0.152. The minimum Gasteiger partial charge on any atom is -0.374 e. The molecule has 3 aromatic rings. The molecule has 1 heterocycles. The molecule has 0 N–H and O–H groups in total. The number of hydrogen-bond donors (Lipinski definition) is 0. The Labute approximate surface area is 242 Å². The second kappa shape index (κ2) is 16.1. The van der Waals surface area contributed by atoms with E-state index in [2.05, 4.69) is 55.1 Å². The lowest BCUT2D eigenvalue weighted by Crippen LogP contribution is -2.52. The van der Waals surface area contributed by atoms with E-state index in [0.29, 0.717) is 32.8 Å². The molecule has 0 aromatic heterocycles. The highest BCUT2D eigenvalue weighted by Gasteiger charge is 2.41. The van der Waals surface area contributed by atoms with Gasteiger partial charge in [-0.2, -0.15) is 0 Å². The molecule has 1 aliphatic rings. The average molecular weight is 566 g/mol. The van der Waals surface area contributed by atoms with Gasteiger partial charge in [0, 0.05) is 19.5 Å². The molecule has 0 saturated carbocycles. The van der Waals surface area contributed by atoms with Crippen molar-refractivity contribution in [2.24, 2.45) is 0 Å². The van der Waals surface area contributed by atoms with E-state index in [1.54, 1.807) is 11.8 Å². The molecule has 4 atom stereocenters. The summed E-state index contributed by atoms with van der Waals surface area (Å²) in [5, 5.41) is 0. The van der Waals surface area contributed by atoms with Gasteiger partial charge in [0.2, 0.25) is 0 Å². The van der Waals surface area contributed by atoms with Gasteiger partial charge in [0.25, 0.3) is 0 Å². The third kappa shape index (κ3) is 9.41. The van der Waals surface area contributed by atoms with Crippen LogP contribution in [-0.2, 0) is 38.8 Å². The van der Waals surface area contributed by atoms with E-state index >= 15 is 0 Å². The second-order valence-corrected chi connectivity index (χ2v) is 11.3. The van der Waals surface area contributed by atoms with E-state index in [1.807, 2.05) is 54.6 Å². The molecule has 1 aliphatic heterocycles. The molecule has 0 aliphatic carbocycles. The van der Waals surface area contributed by atoms with Gasteiger partial charge in [0.1, 0.15) is 22.0 Å². The van der Waals surface area contributed by atoms with Gasteiger partial charge in [-0.3, -0.25) is 0 Å². The van der Waals surface area contributed by atoms with Crippen LogP contribution >= 0.6 is 24.0 Å². The lowest BCUT2D eigenvalue weighted by atomic mass is 10.0. The lowest BCUT2D eigenvalue weighted by Gasteiger charge is -2.41. The number of hydrogen-bond acceptors (Lipinski definition) is 6. The maximum Gasteiger partial charge on any atom is 0.138 e. The third-order valence-corrected chi connectivity index (χ3v) is 8.30. The maximum absolute atomic E-state index is 6.64. The molecule has 1 fully saturated rings. The Morgan fingerprint density at radius 2 is 1.31 bits per heavy atom. The second-order valence-electron chi connectivity index (χ2n) is 9.49. The monoisotopic (exact) mass is 565 g/mol. The van der Waals surface area contributed by atoms with Crippen LogP contribution in [0.15, 0.2) is 91.0 Å². The Balaban J connectivity index is 1.51. The van der Waals surface area contributed by atoms with Crippen LogP contribution in [0.3, 0.4) is 0 Å². The van der Waals surface area contributed by atoms with E-state index in [4.69, 9.17) is 31.2 Å². The third-order valence-electron chi connectivity index (χ3n) is 6.72. The number of ether oxygens (including phenoxy) is 4. The maximum atomic E-state index is 6.64. The minimum atomic E-state index is -0.302. The summed E-state index contributed by atoms with van der Waals surface area (Å²) in [5.41, 5.74) is 3.22. The highest BCUT2D eigenvalue weighted by molar-refractivity contribution is 8.23. The van der Waals surface area contributed by atoms with Crippen LogP contribution in [0.25, 0.3) is 0 Å². The smallest absolute Gasteiger partial charge is 0.138 e. The lowest BCUT2D eigenvalue weighted by molar-refractivity contribution is -0.204. The number of thiocarbonyl (C=S) groups is 1. The predicted molar refractivity (Wildman–Crippen MR) is 163 cm³/mol. The fourth-order valence-corrected chi connectivity index (χ4v) is 6.26. The summed E-state index contributed by atoms with van der Waals surface area (Å²) < 4.78 is 26.8. The Bertz CT molecular complexity index is 1100. The summed E-state index contributed by atoms with van der Waals surface area (Å²) in [6.07, 6.45) is -0.0920. The van der Waals surface area contributed by atoms with Gasteiger partial charge in [-0.15, -0.1) is 0 Å². The van der Waals surface area contributed by atoms with Gasteiger partial charge in [-0.1, -0.05) is 115 Å². The van der Waals surface area contributed by atoms with Crippen molar-refractivity contribution in [1.29, 1.82) is 0 Å². The zero-order valence-corrected chi connectivity index (χ0v) is 24.4. The average Bonchev–Trinajstić information content (AvgIpc) is 2.98. The Morgan fingerprint density at radius 1 is 0.795 bits per heavy atom. The van der Waals surface area contributed by atoms with Gasteiger partial charge in [0.05, 0.1) is 32.5 Å². The quantitative estimate of drug-likeness (QED) is 0.210. The van der Waals surface area contributed by atoms with Crippen LogP contribution in [0.1, 0.15) is 37.0 Å². The fourth-order valence-electron chi connectivity index (χ4n) is 4.56. The summed E-state index contributed by atoms with van der Waals surface area (Å²) in [5.74, 6) is 0. The molecule has 3 aromatic carbocycles. The van der Waals surface area contributed by atoms with Crippen molar-refractivity contribution in [3.8, 4) is 0 Å². The molecule has 7 heteroatoms. The highest BCUT2D eigenvalue weighted by atomic mass is 32.2.